The van der Waals surface area contributed by atoms with Gasteiger partial charge in [-0.2, -0.15) is 0 Å². The molecule has 96 valence electrons. The Hall–Kier alpha value is -0.860. The van der Waals surface area contributed by atoms with Gasteiger partial charge in [-0.05, 0) is 30.9 Å². The van der Waals surface area contributed by atoms with Gasteiger partial charge in [0.15, 0.2) is 0 Å². The van der Waals surface area contributed by atoms with Gasteiger partial charge in [0.2, 0.25) is 0 Å². The summed E-state index contributed by atoms with van der Waals surface area (Å²) >= 11 is 0. The molecule has 0 fully saturated rings. The highest BCUT2D eigenvalue weighted by molar-refractivity contribution is 5.23. The molecule has 0 aliphatic rings. The van der Waals surface area contributed by atoms with Crippen LogP contribution in [0.15, 0.2) is 24.3 Å². The molecule has 0 spiro atoms. The first-order valence-electron chi connectivity index (χ1n) is 6.55. The fourth-order valence-corrected chi connectivity index (χ4v) is 2.02. The van der Waals surface area contributed by atoms with Crippen LogP contribution in [0.25, 0.3) is 0 Å². The quantitative estimate of drug-likeness (QED) is 0.820. The van der Waals surface area contributed by atoms with Crippen molar-refractivity contribution in [3.8, 4) is 0 Å². The highest BCUT2D eigenvalue weighted by Gasteiger charge is 2.11. The molecule has 0 atom stereocenters. The van der Waals surface area contributed by atoms with Crippen molar-refractivity contribution in [2.75, 3.05) is 6.54 Å². The molecule has 2 heteroatoms. The maximum atomic E-state index is 5.68. The van der Waals surface area contributed by atoms with Crippen molar-refractivity contribution in [1.82, 2.24) is 4.90 Å². The Morgan fingerprint density at radius 1 is 1.12 bits per heavy atom. The largest absolute Gasteiger partial charge is 0.326 e. The van der Waals surface area contributed by atoms with Gasteiger partial charge in [-0.25, -0.2) is 0 Å². The first-order valence-corrected chi connectivity index (χ1v) is 6.55. The van der Waals surface area contributed by atoms with Gasteiger partial charge in [-0.1, -0.05) is 38.1 Å². The van der Waals surface area contributed by atoms with E-state index < -0.39 is 0 Å². The Labute approximate surface area is 106 Å². The van der Waals surface area contributed by atoms with E-state index in [2.05, 4.69) is 56.9 Å². The van der Waals surface area contributed by atoms with Gasteiger partial charge >= 0.3 is 0 Å². The molecule has 0 bridgehead atoms. The van der Waals surface area contributed by atoms with Crippen molar-refractivity contribution in [2.24, 2.45) is 11.7 Å². The van der Waals surface area contributed by atoms with E-state index in [1.165, 1.54) is 11.1 Å². The van der Waals surface area contributed by atoms with Crippen LogP contribution in [0.3, 0.4) is 0 Å². The SMILES string of the molecule is CC(C)CN(Cc1cccc(CN)c1)C(C)C. The zero-order chi connectivity index (χ0) is 12.8. The highest BCUT2D eigenvalue weighted by Crippen LogP contribution is 2.12. The van der Waals surface area contributed by atoms with Gasteiger partial charge < -0.3 is 5.73 Å². The minimum atomic E-state index is 0.582. The molecule has 1 aromatic carbocycles. The fourth-order valence-electron chi connectivity index (χ4n) is 2.02. The maximum absolute atomic E-state index is 5.68. The topological polar surface area (TPSA) is 29.3 Å². The minimum Gasteiger partial charge on any atom is -0.326 e. The molecule has 0 amide bonds. The summed E-state index contributed by atoms with van der Waals surface area (Å²) in [6.07, 6.45) is 0. The average Bonchev–Trinajstić information content (AvgIpc) is 2.27. The van der Waals surface area contributed by atoms with E-state index in [-0.39, 0.29) is 0 Å². The van der Waals surface area contributed by atoms with Gasteiger partial charge in [-0.3, -0.25) is 4.90 Å². The molecule has 0 saturated carbocycles. The van der Waals surface area contributed by atoms with Crippen molar-refractivity contribution >= 4 is 0 Å². The van der Waals surface area contributed by atoms with E-state index in [1.54, 1.807) is 0 Å². The van der Waals surface area contributed by atoms with E-state index in [0.29, 0.717) is 18.5 Å². The molecule has 0 aromatic heterocycles. The molecule has 2 N–H and O–H groups in total. The lowest BCUT2D eigenvalue weighted by molar-refractivity contribution is 0.189. The van der Waals surface area contributed by atoms with Crippen LogP contribution in [-0.2, 0) is 13.1 Å². The molecule has 0 radical (unpaired) electrons. The fraction of sp³-hybridized carbons (Fsp3) is 0.600. The van der Waals surface area contributed by atoms with Crippen LogP contribution >= 0.6 is 0 Å². The Kier molecular flexibility index (Phi) is 5.66. The van der Waals surface area contributed by atoms with E-state index >= 15 is 0 Å². The molecule has 1 rings (SSSR count). The summed E-state index contributed by atoms with van der Waals surface area (Å²) < 4.78 is 0. The number of nitrogens with zero attached hydrogens (tertiary/aromatic N) is 1. The summed E-state index contributed by atoms with van der Waals surface area (Å²) in [4.78, 5) is 2.51. The molecule has 0 aliphatic carbocycles. The van der Waals surface area contributed by atoms with Gasteiger partial charge in [0.05, 0.1) is 0 Å². The van der Waals surface area contributed by atoms with E-state index in [4.69, 9.17) is 5.73 Å². The molecule has 1 aromatic rings. The van der Waals surface area contributed by atoms with Crippen molar-refractivity contribution in [1.29, 1.82) is 0 Å². The van der Waals surface area contributed by atoms with Crippen molar-refractivity contribution in [3.63, 3.8) is 0 Å². The van der Waals surface area contributed by atoms with Crippen LogP contribution in [0.5, 0.6) is 0 Å². The second kappa shape index (κ2) is 6.77. The Morgan fingerprint density at radius 3 is 2.29 bits per heavy atom. The Bertz CT molecular complexity index is 331. The van der Waals surface area contributed by atoms with Crippen molar-refractivity contribution in [2.45, 2.75) is 46.8 Å². The first-order chi connectivity index (χ1) is 8.02. The Balaban J connectivity index is 2.71. The molecule has 0 aliphatic heterocycles. The van der Waals surface area contributed by atoms with E-state index in [1.807, 2.05) is 0 Å². The van der Waals surface area contributed by atoms with Crippen molar-refractivity contribution < 1.29 is 0 Å². The third-order valence-corrected chi connectivity index (χ3v) is 2.94. The second-order valence-electron chi connectivity index (χ2n) is 5.44. The monoisotopic (exact) mass is 234 g/mol. The van der Waals surface area contributed by atoms with Crippen LogP contribution in [0, 0.1) is 5.92 Å². The van der Waals surface area contributed by atoms with Gasteiger partial charge in [-0.15, -0.1) is 0 Å². The standard InChI is InChI=1S/C15H26N2/c1-12(2)10-17(13(3)4)11-15-7-5-6-14(8-15)9-16/h5-8,12-13H,9-11,16H2,1-4H3. The second-order valence-corrected chi connectivity index (χ2v) is 5.44. The summed E-state index contributed by atoms with van der Waals surface area (Å²) in [5.41, 5.74) is 8.26. The van der Waals surface area contributed by atoms with Gasteiger partial charge in [0.1, 0.15) is 0 Å². The summed E-state index contributed by atoms with van der Waals surface area (Å²) in [7, 11) is 0. The van der Waals surface area contributed by atoms with Crippen LogP contribution in [-0.4, -0.2) is 17.5 Å². The van der Waals surface area contributed by atoms with Crippen molar-refractivity contribution in [3.05, 3.63) is 35.4 Å². The van der Waals surface area contributed by atoms with Gasteiger partial charge in [0.25, 0.3) is 0 Å². The summed E-state index contributed by atoms with van der Waals surface area (Å²) in [5.74, 6) is 0.704. The number of hydrogen-bond donors (Lipinski definition) is 1. The number of nitrogens with two attached hydrogens (primary N) is 1. The highest BCUT2D eigenvalue weighted by atomic mass is 15.1. The lowest BCUT2D eigenvalue weighted by Gasteiger charge is -2.28. The third-order valence-electron chi connectivity index (χ3n) is 2.94. The molecule has 0 unspecified atom stereocenters. The normalized spacial score (nSPS) is 11.8. The smallest absolute Gasteiger partial charge is 0.0236 e. The maximum Gasteiger partial charge on any atom is 0.0236 e. The van der Waals surface area contributed by atoms with E-state index in [0.717, 1.165) is 13.1 Å². The Morgan fingerprint density at radius 2 is 1.76 bits per heavy atom. The summed E-state index contributed by atoms with van der Waals surface area (Å²) in [5, 5.41) is 0. The van der Waals surface area contributed by atoms with Crippen LogP contribution in [0.2, 0.25) is 0 Å². The molecular weight excluding hydrogens is 208 g/mol. The number of benzene rings is 1. The van der Waals surface area contributed by atoms with Crippen LogP contribution in [0.1, 0.15) is 38.8 Å². The number of rotatable bonds is 6. The zero-order valence-corrected chi connectivity index (χ0v) is 11.6. The zero-order valence-electron chi connectivity index (χ0n) is 11.6. The molecular formula is C15H26N2. The van der Waals surface area contributed by atoms with Gasteiger partial charge in [0, 0.05) is 25.7 Å². The van der Waals surface area contributed by atoms with E-state index in [9.17, 15) is 0 Å². The average molecular weight is 234 g/mol. The molecule has 0 saturated heterocycles. The molecule has 0 heterocycles. The molecule has 2 nitrogen and oxygen atoms in total. The minimum absolute atomic E-state index is 0.582. The predicted molar refractivity (Wildman–Crippen MR) is 74.7 cm³/mol. The first kappa shape index (κ1) is 14.2. The van der Waals surface area contributed by atoms with Crippen LogP contribution < -0.4 is 5.73 Å². The number of hydrogen-bond acceptors (Lipinski definition) is 2. The van der Waals surface area contributed by atoms with Crippen LogP contribution in [0.4, 0.5) is 0 Å². The predicted octanol–water partition coefficient (Wildman–Crippen LogP) is 3.01. The summed E-state index contributed by atoms with van der Waals surface area (Å²) in [6, 6.07) is 9.18. The lowest BCUT2D eigenvalue weighted by Crippen LogP contribution is -2.33. The molecule has 17 heavy (non-hydrogen) atoms. The lowest BCUT2D eigenvalue weighted by atomic mass is 10.1. The third kappa shape index (κ3) is 4.88. The summed E-state index contributed by atoms with van der Waals surface area (Å²) in [6.45, 7) is 11.8.